The average molecular weight is 441 g/mol. The number of carbonyl (C=O) groups excluding carboxylic acids is 1. The minimum absolute atomic E-state index is 0.0329. The number of amides is 1. The van der Waals surface area contributed by atoms with Gasteiger partial charge >= 0.3 is 0 Å². The highest BCUT2D eigenvalue weighted by molar-refractivity contribution is 6.13. The predicted octanol–water partition coefficient (Wildman–Crippen LogP) is 3.22. The Balaban J connectivity index is 2.01. The molecular formula is C23H29FN6O2. The average Bonchev–Trinajstić information content (AvgIpc) is 2.84. The monoisotopic (exact) mass is 440 g/mol. The Morgan fingerprint density at radius 3 is 2.56 bits per heavy atom. The zero-order valence-electron chi connectivity index (χ0n) is 19.1. The number of allylic oxidation sites excluding steroid dienone is 2. The van der Waals surface area contributed by atoms with Crippen molar-refractivity contribution in [1.29, 1.82) is 0 Å². The molecule has 170 valence electrons. The fourth-order valence-corrected chi connectivity index (χ4v) is 3.65. The Labute approximate surface area is 187 Å². The van der Waals surface area contributed by atoms with E-state index in [1.54, 1.807) is 18.0 Å². The first-order chi connectivity index (χ1) is 15.0. The fourth-order valence-electron chi connectivity index (χ4n) is 3.65. The summed E-state index contributed by atoms with van der Waals surface area (Å²) in [7, 11) is 0. The Hall–Kier alpha value is -3.49. The van der Waals surface area contributed by atoms with Crippen molar-refractivity contribution in [2.45, 2.75) is 40.3 Å². The van der Waals surface area contributed by atoms with Crippen molar-refractivity contribution in [2.24, 2.45) is 10.7 Å². The van der Waals surface area contributed by atoms with Gasteiger partial charge in [0.1, 0.15) is 30.0 Å². The summed E-state index contributed by atoms with van der Waals surface area (Å²) in [6.07, 6.45) is 2.89. The highest BCUT2D eigenvalue weighted by atomic mass is 19.1. The van der Waals surface area contributed by atoms with Crippen LogP contribution in [0.5, 0.6) is 5.88 Å². The standard InChI is InChI=1S/C23H29FN6O2/c1-13-8-16(30-6-7-32-21-19(22(30)31)20(26)28-12-29-21)9-14(2)18(13)17(15(3)25)10-27-11-23(4,5)24/h8-10,12H,6-7,11,25H2,1-5H3,(H2,26,28,29). The molecule has 1 amide bonds. The molecule has 0 radical (unpaired) electrons. The van der Waals surface area contributed by atoms with Gasteiger partial charge in [0.15, 0.2) is 0 Å². The summed E-state index contributed by atoms with van der Waals surface area (Å²) in [6.45, 7) is 9.25. The van der Waals surface area contributed by atoms with E-state index in [0.717, 1.165) is 22.3 Å². The quantitative estimate of drug-likeness (QED) is 0.689. The molecule has 0 saturated carbocycles. The second kappa shape index (κ2) is 8.94. The number of nitrogens with zero attached hydrogens (tertiary/aromatic N) is 4. The molecule has 1 aromatic heterocycles. The maximum absolute atomic E-state index is 13.8. The van der Waals surface area contributed by atoms with Gasteiger partial charge in [-0.1, -0.05) is 0 Å². The van der Waals surface area contributed by atoms with E-state index in [9.17, 15) is 9.18 Å². The van der Waals surface area contributed by atoms with E-state index < -0.39 is 5.67 Å². The van der Waals surface area contributed by atoms with Crippen LogP contribution < -0.4 is 21.1 Å². The molecule has 0 saturated heterocycles. The lowest BCUT2D eigenvalue weighted by Gasteiger charge is -2.23. The topological polar surface area (TPSA) is 120 Å². The summed E-state index contributed by atoms with van der Waals surface area (Å²) in [5.41, 5.74) is 15.5. The third-order valence-electron chi connectivity index (χ3n) is 5.07. The number of fused-ring (bicyclic) bond motifs is 1. The van der Waals surface area contributed by atoms with E-state index in [-0.39, 0.29) is 36.3 Å². The van der Waals surface area contributed by atoms with Gasteiger partial charge in [-0.2, -0.15) is 0 Å². The predicted molar refractivity (Wildman–Crippen MR) is 125 cm³/mol. The number of rotatable bonds is 5. The first-order valence-electron chi connectivity index (χ1n) is 10.3. The molecule has 1 aromatic carbocycles. The van der Waals surface area contributed by atoms with E-state index >= 15 is 0 Å². The number of benzene rings is 1. The SMILES string of the molecule is CC(N)=C(C=NCC(C)(C)F)c1c(C)cc(N2CCOc3ncnc(N)c3C2=O)cc1C. The van der Waals surface area contributed by atoms with Crippen LogP contribution in [0.4, 0.5) is 15.9 Å². The number of carbonyl (C=O) groups is 1. The number of halogens is 1. The molecule has 0 fully saturated rings. The molecule has 8 nitrogen and oxygen atoms in total. The van der Waals surface area contributed by atoms with Gasteiger partial charge in [-0.05, 0) is 63.4 Å². The first kappa shape index (κ1) is 23.2. The molecule has 0 unspecified atom stereocenters. The second-order valence-electron chi connectivity index (χ2n) is 8.48. The molecular weight excluding hydrogens is 411 g/mol. The van der Waals surface area contributed by atoms with Crippen molar-refractivity contribution in [3.8, 4) is 5.88 Å². The number of alkyl halides is 1. The van der Waals surface area contributed by atoms with Gasteiger partial charge in [0.2, 0.25) is 5.88 Å². The van der Waals surface area contributed by atoms with Crippen molar-refractivity contribution >= 4 is 29.2 Å². The Morgan fingerprint density at radius 1 is 1.31 bits per heavy atom. The number of hydrogen-bond acceptors (Lipinski definition) is 7. The van der Waals surface area contributed by atoms with Gasteiger partial charge in [0.05, 0.1) is 13.1 Å². The molecule has 1 aliphatic rings. The largest absolute Gasteiger partial charge is 0.475 e. The lowest BCUT2D eigenvalue weighted by Crippen LogP contribution is -2.33. The number of ether oxygens (including phenoxy) is 1. The van der Waals surface area contributed by atoms with Gasteiger partial charge in [-0.15, -0.1) is 0 Å². The fraction of sp³-hybridized carbons (Fsp3) is 0.391. The van der Waals surface area contributed by atoms with Gasteiger partial charge in [0, 0.05) is 23.2 Å². The van der Waals surface area contributed by atoms with Crippen LogP contribution in [-0.4, -0.2) is 47.5 Å². The lowest BCUT2D eigenvalue weighted by molar-refractivity contribution is 0.0990. The van der Waals surface area contributed by atoms with E-state index in [4.69, 9.17) is 16.2 Å². The zero-order chi connectivity index (χ0) is 23.6. The van der Waals surface area contributed by atoms with E-state index in [1.807, 2.05) is 26.0 Å². The lowest BCUT2D eigenvalue weighted by atomic mass is 9.93. The van der Waals surface area contributed by atoms with Crippen LogP contribution in [0.3, 0.4) is 0 Å². The van der Waals surface area contributed by atoms with E-state index in [2.05, 4.69) is 15.0 Å². The zero-order valence-corrected chi connectivity index (χ0v) is 19.1. The molecule has 0 spiro atoms. The van der Waals surface area contributed by atoms with Gasteiger partial charge in [-0.3, -0.25) is 9.79 Å². The Bertz CT molecular complexity index is 1080. The van der Waals surface area contributed by atoms with Gasteiger partial charge in [0.25, 0.3) is 5.91 Å². The van der Waals surface area contributed by atoms with Gasteiger partial charge in [-0.25, -0.2) is 14.4 Å². The molecule has 3 rings (SSSR count). The Morgan fingerprint density at radius 2 is 1.97 bits per heavy atom. The molecule has 0 aliphatic carbocycles. The second-order valence-corrected chi connectivity index (χ2v) is 8.48. The van der Waals surface area contributed by atoms with E-state index in [0.29, 0.717) is 17.9 Å². The summed E-state index contributed by atoms with van der Waals surface area (Å²) in [4.78, 5) is 27.1. The molecule has 0 bridgehead atoms. The normalized spacial score (nSPS) is 15.3. The third kappa shape index (κ3) is 4.87. The van der Waals surface area contributed by atoms with Crippen LogP contribution in [0.1, 0.15) is 47.8 Å². The number of aromatic nitrogens is 2. The van der Waals surface area contributed by atoms with Crippen LogP contribution >= 0.6 is 0 Å². The Kier molecular flexibility index (Phi) is 6.47. The van der Waals surface area contributed by atoms with Crippen LogP contribution in [0.2, 0.25) is 0 Å². The van der Waals surface area contributed by atoms with Crippen molar-refractivity contribution in [1.82, 2.24) is 9.97 Å². The number of aliphatic imine (C=N–C) groups is 1. The minimum atomic E-state index is -1.41. The number of nitrogens with two attached hydrogens (primary N) is 2. The maximum atomic E-state index is 13.8. The molecule has 2 heterocycles. The number of hydrogen-bond donors (Lipinski definition) is 2. The van der Waals surface area contributed by atoms with Crippen LogP contribution in [0.25, 0.3) is 5.57 Å². The molecule has 9 heteroatoms. The van der Waals surface area contributed by atoms with Crippen molar-refractivity contribution in [3.63, 3.8) is 0 Å². The van der Waals surface area contributed by atoms with Crippen LogP contribution in [0, 0.1) is 13.8 Å². The number of aryl methyl sites for hydroxylation is 2. The number of nitrogen functional groups attached to an aromatic ring is 1. The van der Waals surface area contributed by atoms with Crippen molar-refractivity contribution in [2.75, 3.05) is 30.3 Å². The summed E-state index contributed by atoms with van der Waals surface area (Å²) < 4.78 is 19.4. The molecule has 32 heavy (non-hydrogen) atoms. The van der Waals surface area contributed by atoms with Crippen molar-refractivity contribution in [3.05, 3.63) is 46.4 Å². The van der Waals surface area contributed by atoms with Crippen LogP contribution in [-0.2, 0) is 0 Å². The molecule has 0 atom stereocenters. The highest BCUT2D eigenvalue weighted by Gasteiger charge is 2.29. The number of anilines is 2. The third-order valence-corrected chi connectivity index (χ3v) is 5.07. The summed E-state index contributed by atoms with van der Waals surface area (Å²) in [5.74, 6) is -0.0568. The maximum Gasteiger partial charge on any atom is 0.267 e. The summed E-state index contributed by atoms with van der Waals surface area (Å²) in [5, 5.41) is 0. The van der Waals surface area contributed by atoms with E-state index in [1.165, 1.54) is 20.2 Å². The smallest absolute Gasteiger partial charge is 0.267 e. The summed E-state index contributed by atoms with van der Waals surface area (Å²) >= 11 is 0. The highest BCUT2D eigenvalue weighted by Crippen LogP contribution is 2.32. The molecule has 2 aromatic rings. The first-order valence-corrected chi connectivity index (χ1v) is 10.3. The summed E-state index contributed by atoms with van der Waals surface area (Å²) in [6, 6.07) is 3.81. The van der Waals surface area contributed by atoms with Gasteiger partial charge < -0.3 is 21.1 Å². The minimum Gasteiger partial charge on any atom is -0.475 e. The van der Waals surface area contributed by atoms with Crippen molar-refractivity contribution < 1.29 is 13.9 Å². The van der Waals surface area contributed by atoms with Crippen LogP contribution in [0.15, 0.2) is 29.1 Å². The molecule has 1 aliphatic heterocycles. The molecule has 4 N–H and O–H groups in total.